The van der Waals surface area contributed by atoms with Crippen LogP contribution in [0.5, 0.6) is 0 Å². The molecule has 5 nitrogen and oxygen atoms in total. The highest BCUT2D eigenvalue weighted by molar-refractivity contribution is 7.86. The van der Waals surface area contributed by atoms with Crippen LogP contribution in [0, 0.1) is 6.92 Å². The first-order valence-electron chi connectivity index (χ1n) is 5.09. The Labute approximate surface area is 101 Å². The van der Waals surface area contributed by atoms with Gasteiger partial charge in [0.05, 0.1) is 18.1 Å². The molecule has 0 amide bonds. The van der Waals surface area contributed by atoms with Gasteiger partial charge in [0, 0.05) is 7.11 Å². The van der Waals surface area contributed by atoms with Crippen LogP contribution in [-0.4, -0.2) is 35.5 Å². The molecule has 0 spiro atoms. The van der Waals surface area contributed by atoms with Crippen LogP contribution in [0.3, 0.4) is 0 Å². The quantitative estimate of drug-likeness (QED) is 0.420. The molecule has 0 heterocycles. The van der Waals surface area contributed by atoms with Crippen molar-refractivity contribution in [2.75, 3.05) is 27.1 Å². The van der Waals surface area contributed by atoms with Crippen LogP contribution in [0.1, 0.15) is 5.56 Å². The van der Waals surface area contributed by atoms with Gasteiger partial charge in [-0.15, -0.1) is 0 Å². The summed E-state index contributed by atoms with van der Waals surface area (Å²) in [5, 5.41) is 0. The molecule has 0 unspecified atom stereocenters. The molecule has 0 saturated heterocycles. The molecular formula is C11H16O5S. The first-order valence-corrected chi connectivity index (χ1v) is 6.50. The fourth-order valence-electron chi connectivity index (χ4n) is 1.07. The summed E-state index contributed by atoms with van der Waals surface area (Å²) < 4.78 is 37.7. The molecule has 0 radical (unpaired) electrons. The van der Waals surface area contributed by atoms with E-state index in [2.05, 4.69) is 0 Å². The standard InChI is InChI=1S/C11H16O5S/c1-10-3-5-11(6-4-10)17(12,13)16-9-15-8-7-14-2/h3-6H,7-9H2,1-2H3. The Morgan fingerprint density at radius 1 is 1.12 bits per heavy atom. The lowest BCUT2D eigenvalue weighted by Gasteiger charge is -2.06. The SMILES string of the molecule is COCCOCOS(=O)(=O)c1ccc(C)cc1. The van der Waals surface area contributed by atoms with Crippen molar-refractivity contribution in [3.05, 3.63) is 29.8 Å². The summed E-state index contributed by atoms with van der Waals surface area (Å²) in [5.74, 6) is 0. The zero-order valence-corrected chi connectivity index (χ0v) is 10.7. The predicted molar refractivity (Wildman–Crippen MR) is 62.1 cm³/mol. The molecular weight excluding hydrogens is 244 g/mol. The second-order valence-corrected chi connectivity index (χ2v) is 5.02. The molecule has 6 heteroatoms. The summed E-state index contributed by atoms with van der Waals surface area (Å²) >= 11 is 0. The molecule has 0 aliphatic heterocycles. The lowest BCUT2D eigenvalue weighted by Crippen LogP contribution is -2.11. The monoisotopic (exact) mass is 260 g/mol. The van der Waals surface area contributed by atoms with Crippen LogP contribution in [-0.2, 0) is 23.8 Å². The third kappa shape index (κ3) is 4.82. The van der Waals surface area contributed by atoms with Gasteiger partial charge in [-0.3, -0.25) is 0 Å². The normalized spacial score (nSPS) is 11.6. The maximum atomic E-state index is 11.6. The summed E-state index contributed by atoms with van der Waals surface area (Å²) in [6.07, 6.45) is 0. The highest BCUT2D eigenvalue weighted by Gasteiger charge is 2.14. The fourth-order valence-corrected chi connectivity index (χ4v) is 1.87. The predicted octanol–water partition coefficient (Wildman–Crippen LogP) is 1.32. The van der Waals surface area contributed by atoms with Crippen LogP contribution < -0.4 is 0 Å². The first-order chi connectivity index (χ1) is 8.06. The van der Waals surface area contributed by atoms with Crippen LogP contribution in [0.2, 0.25) is 0 Å². The second-order valence-electron chi connectivity index (χ2n) is 3.40. The number of hydrogen-bond acceptors (Lipinski definition) is 5. The van der Waals surface area contributed by atoms with Crippen LogP contribution in [0.4, 0.5) is 0 Å². The van der Waals surface area contributed by atoms with Gasteiger partial charge in [-0.1, -0.05) is 17.7 Å². The van der Waals surface area contributed by atoms with Gasteiger partial charge >= 0.3 is 0 Å². The third-order valence-corrected chi connectivity index (χ3v) is 3.28. The molecule has 0 fully saturated rings. The van der Waals surface area contributed by atoms with Gasteiger partial charge in [0.2, 0.25) is 0 Å². The Bertz CT molecular complexity index is 424. The van der Waals surface area contributed by atoms with E-state index in [1.165, 1.54) is 19.2 Å². The van der Waals surface area contributed by atoms with Crippen molar-refractivity contribution in [2.45, 2.75) is 11.8 Å². The molecule has 0 N–H and O–H groups in total. The van der Waals surface area contributed by atoms with Crippen LogP contribution in [0.25, 0.3) is 0 Å². The summed E-state index contributed by atoms with van der Waals surface area (Å²) in [7, 11) is -2.20. The molecule has 1 aromatic rings. The van der Waals surface area contributed by atoms with Crippen molar-refractivity contribution in [3.63, 3.8) is 0 Å². The molecule has 17 heavy (non-hydrogen) atoms. The molecule has 0 atom stereocenters. The molecule has 96 valence electrons. The van der Waals surface area contributed by atoms with E-state index in [0.29, 0.717) is 13.2 Å². The van der Waals surface area contributed by atoms with Gasteiger partial charge in [0.1, 0.15) is 0 Å². The Kier molecular flexibility index (Phi) is 5.57. The summed E-state index contributed by atoms with van der Waals surface area (Å²) in [6, 6.07) is 6.42. The molecule has 1 aromatic carbocycles. The third-order valence-electron chi connectivity index (χ3n) is 2.03. The number of ether oxygens (including phenoxy) is 2. The van der Waals surface area contributed by atoms with E-state index in [-0.39, 0.29) is 11.7 Å². The maximum Gasteiger partial charge on any atom is 0.299 e. The number of hydrogen-bond donors (Lipinski definition) is 0. The van der Waals surface area contributed by atoms with E-state index in [4.69, 9.17) is 13.7 Å². The first kappa shape index (κ1) is 14.1. The van der Waals surface area contributed by atoms with Crippen molar-refractivity contribution in [1.82, 2.24) is 0 Å². The minimum Gasteiger partial charge on any atom is -0.382 e. The molecule has 0 aromatic heterocycles. The average Bonchev–Trinajstić information content (AvgIpc) is 2.29. The van der Waals surface area contributed by atoms with Gasteiger partial charge < -0.3 is 9.47 Å². The maximum absolute atomic E-state index is 11.6. The van der Waals surface area contributed by atoms with Gasteiger partial charge in [-0.25, -0.2) is 4.18 Å². The topological polar surface area (TPSA) is 61.8 Å². The minimum absolute atomic E-state index is 0.124. The van der Waals surface area contributed by atoms with Crippen LogP contribution >= 0.6 is 0 Å². The fraction of sp³-hybridized carbons (Fsp3) is 0.455. The van der Waals surface area contributed by atoms with Gasteiger partial charge in [0.15, 0.2) is 6.79 Å². The van der Waals surface area contributed by atoms with E-state index in [1.54, 1.807) is 12.1 Å². The zero-order chi connectivity index (χ0) is 12.7. The summed E-state index contributed by atoms with van der Waals surface area (Å²) in [4.78, 5) is 0.124. The molecule has 0 aliphatic carbocycles. The smallest absolute Gasteiger partial charge is 0.299 e. The van der Waals surface area contributed by atoms with E-state index in [1.807, 2.05) is 6.92 Å². The number of benzene rings is 1. The summed E-state index contributed by atoms with van der Waals surface area (Å²) in [6.45, 7) is 2.26. The average molecular weight is 260 g/mol. The highest BCUT2D eigenvalue weighted by Crippen LogP contribution is 2.12. The van der Waals surface area contributed by atoms with Crippen molar-refractivity contribution >= 4 is 10.1 Å². The Morgan fingerprint density at radius 2 is 1.76 bits per heavy atom. The Hall–Kier alpha value is -0.950. The van der Waals surface area contributed by atoms with Gasteiger partial charge in [-0.05, 0) is 19.1 Å². The molecule has 0 saturated carbocycles. The van der Waals surface area contributed by atoms with Crippen molar-refractivity contribution in [3.8, 4) is 0 Å². The van der Waals surface area contributed by atoms with E-state index >= 15 is 0 Å². The molecule has 0 bridgehead atoms. The van der Waals surface area contributed by atoms with Crippen molar-refractivity contribution in [1.29, 1.82) is 0 Å². The van der Waals surface area contributed by atoms with E-state index < -0.39 is 10.1 Å². The number of rotatable bonds is 7. The van der Waals surface area contributed by atoms with Gasteiger partial charge in [0.25, 0.3) is 10.1 Å². The van der Waals surface area contributed by atoms with E-state index in [0.717, 1.165) is 5.56 Å². The number of aryl methyl sites for hydroxylation is 1. The van der Waals surface area contributed by atoms with Gasteiger partial charge in [-0.2, -0.15) is 8.42 Å². The molecule has 1 rings (SSSR count). The molecule has 0 aliphatic rings. The minimum atomic E-state index is -3.73. The van der Waals surface area contributed by atoms with Crippen LogP contribution in [0.15, 0.2) is 29.2 Å². The second kappa shape index (κ2) is 6.70. The number of methoxy groups -OCH3 is 1. The van der Waals surface area contributed by atoms with E-state index in [9.17, 15) is 8.42 Å². The lowest BCUT2D eigenvalue weighted by atomic mass is 10.2. The Balaban J connectivity index is 2.48. The lowest BCUT2D eigenvalue weighted by molar-refractivity contribution is -0.00529. The van der Waals surface area contributed by atoms with Crippen molar-refractivity contribution < 1.29 is 22.1 Å². The largest absolute Gasteiger partial charge is 0.382 e. The Morgan fingerprint density at radius 3 is 2.35 bits per heavy atom. The summed E-state index contributed by atoms with van der Waals surface area (Å²) in [5.41, 5.74) is 0.986. The van der Waals surface area contributed by atoms with Crippen molar-refractivity contribution in [2.24, 2.45) is 0 Å². The highest BCUT2D eigenvalue weighted by atomic mass is 32.2. The zero-order valence-electron chi connectivity index (χ0n) is 9.88.